The number of rotatable bonds is 11. The summed E-state index contributed by atoms with van der Waals surface area (Å²) in [5.41, 5.74) is 1.95. The van der Waals surface area contributed by atoms with Gasteiger partial charge in [-0.05, 0) is 91.3 Å². The number of carbonyl (C=O) groups is 4. The molecular formula is C38H29NO8. The summed E-state index contributed by atoms with van der Waals surface area (Å²) in [5.74, 6) is -0.156. The number of imide groups is 1. The van der Waals surface area contributed by atoms with Crippen LogP contribution in [0.4, 0.5) is 5.69 Å². The van der Waals surface area contributed by atoms with Crippen LogP contribution in [-0.4, -0.2) is 36.8 Å². The molecule has 0 unspecified atom stereocenters. The van der Waals surface area contributed by atoms with Gasteiger partial charge in [-0.1, -0.05) is 42.5 Å². The van der Waals surface area contributed by atoms with Gasteiger partial charge in [0.1, 0.15) is 18.1 Å². The molecule has 6 rings (SSSR count). The van der Waals surface area contributed by atoms with Crippen molar-refractivity contribution in [1.29, 1.82) is 0 Å². The quantitative estimate of drug-likeness (QED) is 0.0853. The minimum absolute atomic E-state index is 0.0385. The van der Waals surface area contributed by atoms with Gasteiger partial charge in [-0.15, -0.1) is 0 Å². The number of nitrogens with zero attached hydrogens (tertiary/aromatic N) is 1. The minimum Gasteiger partial charge on any atom is -0.493 e. The van der Waals surface area contributed by atoms with Crippen molar-refractivity contribution < 1.29 is 38.1 Å². The Bertz CT molecular complexity index is 1950. The molecule has 0 aromatic heterocycles. The Morgan fingerprint density at radius 3 is 2.00 bits per heavy atom. The lowest BCUT2D eigenvalue weighted by molar-refractivity contribution is 0.0318. The smallest absolute Gasteiger partial charge is 0.338 e. The molecule has 5 aromatic rings. The first-order chi connectivity index (χ1) is 22.8. The Hall–Kier alpha value is -6.22. The molecule has 0 saturated carbocycles. The second-order valence-corrected chi connectivity index (χ2v) is 10.7. The summed E-state index contributed by atoms with van der Waals surface area (Å²) >= 11 is 0. The molecule has 1 atom stereocenters. The maximum Gasteiger partial charge on any atom is 0.338 e. The first-order valence-corrected chi connectivity index (χ1v) is 14.8. The van der Waals surface area contributed by atoms with Gasteiger partial charge in [-0.25, -0.2) is 9.69 Å². The highest BCUT2D eigenvalue weighted by atomic mass is 16.5. The van der Waals surface area contributed by atoms with E-state index < -0.39 is 29.7 Å². The highest BCUT2D eigenvalue weighted by molar-refractivity contribution is 6.34. The number of hydrogen-bond donors (Lipinski definition) is 0. The molecular weight excluding hydrogens is 598 g/mol. The van der Waals surface area contributed by atoms with Crippen LogP contribution in [-0.2, 0) is 11.3 Å². The predicted octanol–water partition coefficient (Wildman–Crippen LogP) is 7.30. The second kappa shape index (κ2) is 13.4. The van der Waals surface area contributed by atoms with Gasteiger partial charge in [-0.3, -0.25) is 14.4 Å². The Morgan fingerprint density at radius 2 is 1.30 bits per heavy atom. The van der Waals surface area contributed by atoms with E-state index in [1.165, 1.54) is 25.1 Å². The lowest BCUT2D eigenvalue weighted by Crippen LogP contribution is -2.29. The molecule has 9 nitrogen and oxygen atoms in total. The number of ketones is 1. The first-order valence-electron chi connectivity index (χ1n) is 14.8. The van der Waals surface area contributed by atoms with Crippen molar-refractivity contribution in [2.24, 2.45) is 0 Å². The molecule has 0 fully saturated rings. The predicted molar refractivity (Wildman–Crippen MR) is 174 cm³/mol. The maximum absolute atomic E-state index is 13.4. The minimum atomic E-state index is -1.10. The van der Waals surface area contributed by atoms with E-state index in [1.54, 1.807) is 67.8 Å². The number of fused-ring (bicyclic) bond motifs is 1. The average molecular weight is 628 g/mol. The molecule has 2 amide bonds. The van der Waals surface area contributed by atoms with Crippen molar-refractivity contribution in [1.82, 2.24) is 0 Å². The molecule has 0 bridgehead atoms. The lowest BCUT2D eigenvalue weighted by Gasteiger charge is -2.15. The summed E-state index contributed by atoms with van der Waals surface area (Å²) in [7, 11) is 1.54. The largest absolute Gasteiger partial charge is 0.493 e. The number of carbonyl (C=O) groups excluding carboxylic acids is 4. The van der Waals surface area contributed by atoms with Crippen LogP contribution in [0.25, 0.3) is 0 Å². The highest BCUT2D eigenvalue weighted by Crippen LogP contribution is 2.34. The summed E-state index contributed by atoms with van der Waals surface area (Å²) in [4.78, 5) is 53.6. The van der Waals surface area contributed by atoms with Crippen LogP contribution in [0, 0.1) is 0 Å². The third-order valence-corrected chi connectivity index (χ3v) is 7.55. The molecule has 234 valence electrons. The molecule has 0 saturated heterocycles. The first kappa shape index (κ1) is 30.8. The Labute approximate surface area is 270 Å². The zero-order chi connectivity index (χ0) is 32.9. The molecule has 9 heteroatoms. The fraction of sp³-hybridized carbons (Fsp3) is 0.105. The van der Waals surface area contributed by atoms with Gasteiger partial charge in [0.2, 0.25) is 5.78 Å². The van der Waals surface area contributed by atoms with E-state index in [9.17, 15) is 19.2 Å². The molecule has 1 aliphatic rings. The van der Waals surface area contributed by atoms with Gasteiger partial charge in [0.25, 0.3) is 11.8 Å². The maximum atomic E-state index is 13.4. The molecule has 1 aliphatic heterocycles. The Kier molecular flexibility index (Phi) is 8.79. The van der Waals surface area contributed by atoms with Gasteiger partial charge < -0.3 is 18.9 Å². The van der Waals surface area contributed by atoms with Crippen LogP contribution >= 0.6 is 0 Å². The summed E-state index contributed by atoms with van der Waals surface area (Å²) in [6, 6.07) is 34.0. The second-order valence-electron chi connectivity index (χ2n) is 10.7. The molecule has 0 aliphatic carbocycles. The molecule has 0 radical (unpaired) electrons. The number of benzene rings is 5. The molecule has 47 heavy (non-hydrogen) atoms. The van der Waals surface area contributed by atoms with E-state index in [1.807, 2.05) is 42.5 Å². The van der Waals surface area contributed by atoms with Crippen molar-refractivity contribution in [2.75, 3.05) is 12.0 Å². The lowest BCUT2D eigenvalue weighted by atomic mass is 10.1. The molecule has 5 aromatic carbocycles. The van der Waals surface area contributed by atoms with Crippen molar-refractivity contribution in [3.63, 3.8) is 0 Å². The van der Waals surface area contributed by atoms with Gasteiger partial charge in [0.15, 0.2) is 17.6 Å². The Balaban J connectivity index is 1.09. The normalized spacial score (nSPS) is 12.7. The number of hydrogen-bond acceptors (Lipinski definition) is 8. The number of ether oxygens (including phenoxy) is 4. The third kappa shape index (κ3) is 6.60. The van der Waals surface area contributed by atoms with E-state index in [2.05, 4.69) is 0 Å². The summed E-state index contributed by atoms with van der Waals surface area (Å²) < 4.78 is 22.4. The van der Waals surface area contributed by atoms with Crippen LogP contribution in [0.15, 0.2) is 121 Å². The number of esters is 1. The van der Waals surface area contributed by atoms with E-state index >= 15 is 0 Å². The molecule has 1 heterocycles. The monoisotopic (exact) mass is 627 g/mol. The zero-order valence-electron chi connectivity index (χ0n) is 25.5. The van der Waals surface area contributed by atoms with E-state index in [-0.39, 0.29) is 16.7 Å². The third-order valence-electron chi connectivity index (χ3n) is 7.55. The summed E-state index contributed by atoms with van der Waals surface area (Å²) in [6.45, 7) is 1.87. The highest BCUT2D eigenvalue weighted by Gasteiger charge is 2.37. The van der Waals surface area contributed by atoms with Crippen LogP contribution in [0.2, 0.25) is 0 Å². The van der Waals surface area contributed by atoms with Crippen LogP contribution in [0.1, 0.15) is 53.9 Å². The Morgan fingerprint density at radius 1 is 0.681 bits per heavy atom. The number of anilines is 1. The topological polar surface area (TPSA) is 108 Å². The van der Waals surface area contributed by atoms with Gasteiger partial charge in [-0.2, -0.15) is 0 Å². The number of methoxy groups -OCH3 is 1. The summed E-state index contributed by atoms with van der Waals surface area (Å²) in [5, 5.41) is 0. The van der Waals surface area contributed by atoms with Gasteiger partial charge in [0.05, 0.1) is 29.5 Å². The van der Waals surface area contributed by atoms with Crippen molar-refractivity contribution >= 4 is 29.3 Å². The number of Topliss-reactive ketones (excluding diaryl/α,β-unsaturated/α-hetero) is 1. The summed E-state index contributed by atoms with van der Waals surface area (Å²) in [6.07, 6.45) is -1.10. The van der Waals surface area contributed by atoms with E-state index in [4.69, 9.17) is 18.9 Å². The van der Waals surface area contributed by atoms with Crippen LogP contribution in [0.5, 0.6) is 23.0 Å². The average Bonchev–Trinajstić information content (AvgIpc) is 3.36. The standard InChI is InChI=1S/C38H29NO8/c1-24(35(40)26-12-17-29(18-13-26)45-23-25-8-4-3-5-9-25)46-38(43)27-14-21-31-32(22-27)37(42)39(36(31)41)28-15-19-30(20-16-28)47-34-11-7-6-10-33(34)44-2/h3-22,24H,23H2,1-2H3/t24-/m0/s1. The van der Waals surface area contributed by atoms with Crippen LogP contribution < -0.4 is 19.1 Å². The number of para-hydroxylation sites is 2. The van der Waals surface area contributed by atoms with Crippen molar-refractivity contribution in [3.8, 4) is 23.0 Å². The van der Waals surface area contributed by atoms with Crippen molar-refractivity contribution in [2.45, 2.75) is 19.6 Å². The SMILES string of the molecule is COc1ccccc1Oc1ccc(N2C(=O)c3ccc(C(=O)O[C@@H](C)C(=O)c4ccc(OCc5ccccc5)cc4)cc3C2=O)cc1. The fourth-order valence-corrected chi connectivity index (χ4v) is 5.07. The number of amides is 2. The van der Waals surface area contributed by atoms with Gasteiger partial charge >= 0.3 is 5.97 Å². The molecule has 0 spiro atoms. The fourth-order valence-electron chi connectivity index (χ4n) is 5.07. The zero-order valence-corrected chi connectivity index (χ0v) is 25.5. The van der Waals surface area contributed by atoms with E-state index in [0.717, 1.165) is 10.5 Å². The molecule has 0 N–H and O–H groups in total. The van der Waals surface area contributed by atoms with E-state index in [0.29, 0.717) is 40.9 Å². The van der Waals surface area contributed by atoms with Crippen LogP contribution in [0.3, 0.4) is 0 Å². The van der Waals surface area contributed by atoms with Crippen molar-refractivity contribution in [3.05, 3.63) is 149 Å². The van der Waals surface area contributed by atoms with Gasteiger partial charge in [0, 0.05) is 5.56 Å².